The Hall–Kier alpha value is -1.92. The molecule has 1 aliphatic rings. The van der Waals surface area contributed by atoms with Gasteiger partial charge in [-0.05, 0) is 57.8 Å². The van der Waals surface area contributed by atoms with Gasteiger partial charge in [-0.3, -0.25) is 9.36 Å². The molecule has 0 aromatic carbocycles. The van der Waals surface area contributed by atoms with Gasteiger partial charge < -0.3 is 14.4 Å². The van der Waals surface area contributed by atoms with Crippen molar-refractivity contribution >= 4 is 0 Å². The lowest BCUT2D eigenvalue weighted by Crippen LogP contribution is -2.38. The molecular formula is C18H25N3O3. The highest BCUT2D eigenvalue weighted by molar-refractivity contribution is 5.08. The number of piperidine rings is 1. The van der Waals surface area contributed by atoms with Gasteiger partial charge in [0.05, 0.1) is 6.33 Å². The normalized spacial score (nSPS) is 18.0. The van der Waals surface area contributed by atoms with Crippen LogP contribution in [0.1, 0.15) is 36.0 Å². The van der Waals surface area contributed by atoms with E-state index in [1.165, 1.54) is 0 Å². The molecule has 3 heterocycles. The molecule has 0 amide bonds. The molecule has 1 N–H and O–H groups in total. The van der Waals surface area contributed by atoms with Crippen LogP contribution in [0.2, 0.25) is 0 Å². The van der Waals surface area contributed by atoms with Gasteiger partial charge in [0.15, 0.2) is 0 Å². The molecule has 6 nitrogen and oxygen atoms in total. The number of β-amino-alcohol motifs (C(OH)–C–C–N with tert-alkyl or cyclic N) is 1. The Bertz CT molecular complexity index is 729. The molecule has 2 aromatic rings. The third kappa shape index (κ3) is 3.94. The summed E-state index contributed by atoms with van der Waals surface area (Å²) in [6.07, 6.45) is 4.69. The monoisotopic (exact) mass is 331 g/mol. The Labute approximate surface area is 141 Å². The van der Waals surface area contributed by atoms with Crippen molar-refractivity contribution in [2.75, 3.05) is 19.6 Å². The van der Waals surface area contributed by atoms with Crippen molar-refractivity contribution < 1.29 is 9.52 Å². The van der Waals surface area contributed by atoms with Crippen molar-refractivity contribution in [1.82, 2.24) is 14.5 Å². The summed E-state index contributed by atoms with van der Waals surface area (Å²) in [6.45, 7) is 6.84. The fraction of sp³-hybridized carbons (Fsp3) is 0.556. The highest BCUT2D eigenvalue weighted by Crippen LogP contribution is 2.22. The molecule has 0 spiro atoms. The minimum atomic E-state index is -0.584. The molecule has 6 heteroatoms. The topological polar surface area (TPSA) is 71.5 Å². The first kappa shape index (κ1) is 16.9. The second kappa shape index (κ2) is 7.32. The Morgan fingerprint density at radius 1 is 1.33 bits per heavy atom. The minimum Gasteiger partial charge on any atom is -0.464 e. The van der Waals surface area contributed by atoms with Crippen molar-refractivity contribution in [3.8, 4) is 0 Å². The quantitative estimate of drug-likeness (QED) is 0.906. The third-order valence-corrected chi connectivity index (χ3v) is 4.76. The zero-order chi connectivity index (χ0) is 17.1. The summed E-state index contributed by atoms with van der Waals surface area (Å²) in [5.41, 5.74) is 0.739. The molecule has 24 heavy (non-hydrogen) atoms. The number of rotatable bonds is 5. The van der Waals surface area contributed by atoms with Crippen LogP contribution in [0.5, 0.6) is 0 Å². The molecule has 2 aromatic heterocycles. The minimum absolute atomic E-state index is 0.0519. The summed E-state index contributed by atoms with van der Waals surface area (Å²) in [6, 6.07) is 3.71. The van der Waals surface area contributed by atoms with Crippen LogP contribution in [0.3, 0.4) is 0 Å². The first-order chi connectivity index (χ1) is 11.5. The summed E-state index contributed by atoms with van der Waals surface area (Å²) >= 11 is 0. The summed E-state index contributed by atoms with van der Waals surface area (Å²) in [7, 11) is 0. The third-order valence-electron chi connectivity index (χ3n) is 4.76. The number of furan rings is 1. The fourth-order valence-corrected chi connectivity index (χ4v) is 3.29. The Balaban J connectivity index is 1.50. The molecule has 1 aliphatic heterocycles. The molecule has 1 unspecified atom stereocenters. The summed E-state index contributed by atoms with van der Waals surface area (Å²) in [5, 5.41) is 10.3. The van der Waals surface area contributed by atoms with Gasteiger partial charge in [0.2, 0.25) is 0 Å². The van der Waals surface area contributed by atoms with E-state index in [4.69, 9.17) is 4.42 Å². The van der Waals surface area contributed by atoms with E-state index >= 15 is 0 Å². The summed E-state index contributed by atoms with van der Waals surface area (Å²) in [4.78, 5) is 18.4. The standard InChI is InChI=1S/C18H25N3O3/c1-13-9-19-12-21(18(13)23)10-15-5-7-20(8-6-15)11-16(22)17-4-3-14(2)24-17/h3-4,9,12,15-16,22H,5-8,10-11H2,1-2H3. The first-order valence-electron chi connectivity index (χ1n) is 8.50. The zero-order valence-corrected chi connectivity index (χ0v) is 14.3. The SMILES string of the molecule is Cc1ccc(C(O)CN2CCC(Cn3cncc(C)c3=O)CC2)o1. The molecule has 3 rings (SSSR count). The molecule has 0 saturated carbocycles. The van der Waals surface area contributed by atoms with Crippen LogP contribution < -0.4 is 5.56 Å². The number of aliphatic hydroxyl groups excluding tert-OH is 1. The second-order valence-electron chi connectivity index (χ2n) is 6.74. The van der Waals surface area contributed by atoms with Crippen LogP contribution >= 0.6 is 0 Å². The maximum Gasteiger partial charge on any atom is 0.256 e. The second-order valence-corrected chi connectivity index (χ2v) is 6.74. The van der Waals surface area contributed by atoms with E-state index in [0.29, 0.717) is 23.8 Å². The highest BCUT2D eigenvalue weighted by Gasteiger charge is 2.23. The molecule has 130 valence electrons. The number of likely N-dealkylation sites (tertiary alicyclic amines) is 1. The van der Waals surface area contributed by atoms with Gasteiger partial charge in [-0.25, -0.2) is 4.98 Å². The largest absolute Gasteiger partial charge is 0.464 e. The van der Waals surface area contributed by atoms with E-state index in [1.54, 1.807) is 24.0 Å². The van der Waals surface area contributed by atoms with Gasteiger partial charge in [-0.15, -0.1) is 0 Å². The average molecular weight is 331 g/mol. The van der Waals surface area contributed by atoms with Crippen LogP contribution in [0.25, 0.3) is 0 Å². The molecule has 1 atom stereocenters. The van der Waals surface area contributed by atoms with E-state index in [2.05, 4.69) is 9.88 Å². The molecule has 1 saturated heterocycles. The lowest BCUT2D eigenvalue weighted by atomic mass is 9.96. The number of hydrogen-bond acceptors (Lipinski definition) is 5. The van der Waals surface area contributed by atoms with Gasteiger partial charge in [0.25, 0.3) is 5.56 Å². The van der Waals surface area contributed by atoms with E-state index in [9.17, 15) is 9.90 Å². The predicted octanol–water partition coefficient (Wildman–Crippen LogP) is 1.90. The Morgan fingerprint density at radius 2 is 2.08 bits per heavy atom. The number of aryl methyl sites for hydroxylation is 2. The van der Waals surface area contributed by atoms with Gasteiger partial charge >= 0.3 is 0 Å². The van der Waals surface area contributed by atoms with E-state index in [1.807, 2.05) is 19.1 Å². The number of nitrogens with zero attached hydrogens (tertiary/aromatic N) is 3. The number of hydrogen-bond donors (Lipinski definition) is 1. The lowest BCUT2D eigenvalue weighted by molar-refractivity contribution is 0.0724. The first-order valence-corrected chi connectivity index (χ1v) is 8.50. The van der Waals surface area contributed by atoms with Gasteiger partial charge in [-0.2, -0.15) is 0 Å². The van der Waals surface area contributed by atoms with Crippen molar-refractivity contribution in [2.24, 2.45) is 5.92 Å². The Morgan fingerprint density at radius 3 is 2.75 bits per heavy atom. The van der Waals surface area contributed by atoms with Gasteiger partial charge in [0, 0.05) is 24.8 Å². The van der Waals surface area contributed by atoms with Crippen molar-refractivity contribution in [2.45, 2.75) is 39.3 Å². The summed E-state index contributed by atoms with van der Waals surface area (Å²) < 4.78 is 7.21. The van der Waals surface area contributed by atoms with E-state index < -0.39 is 6.10 Å². The molecule has 0 bridgehead atoms. The van der Waals surface area contributed by atoms with Crippen molar-refractivity contribution in [3.05, 3.63) is 52.1 Å². The van der Waals surface area contributed by atoms with Gasteiger partial charge in [-0.1, -0.05) is 0 Å². The van der Waals surface area contributed by atoms with Crippen LogP contribution in [-0.2, 0) is 6.54 Å². The average Bonchev–Trinajstić information content (AvgIpc) is 3.00. The zero-order valence-electron chi connectivity index (χ0n) is 14.3. The molecular weight excluding hydrogens is 306 g/mol. The predicted molar refractivity (Wildman–Crippen MR) is 90.8 cm³/mol. The van der Waals surface area contributed by atoms with Crippen LogP contribution in [0.4, 0.5) is 0 Å². The highest BCUT2D eigenvalue weighted by atomic mass is 16.4. The Kier molecular flexibility index (Phi) is 5.16. The molecule has 0 radical (unpaired) electrons. The lowest BCUT2D eigenvalue weighted by Gasteiger charge is -2.33. The molecule has 1 fully saturated rings. The van der Waals surface area contributed by atoms with E-state index in [-0.39, 0.29) is 5.56 Å². The molecule has 0 aliphatic carbocycles. The van der Waals surface area contributed by atoms with Crippen molar-refractivity contribution in [3.63, 3.8) is 0 Å². The van der Waals surface area contributed by atoms with E-state index in [0.717, 1.165) is 38.2 Å². The van der Waals surface area contributed by atoms with Crippen LogP contribution in [0, 0.1) is 19.8 Å². The smallest absolute Gasteiger partial charge is 0.256 e. The van der Waals surface area contributed by atoms with Crippen molar-refractivity contribution in [1.29, 1.82) is 0 Å². The fourth-order valence-electron chi connectivity index (χ4n) is 3.29. The number of aromatic nitrogens is 2. The van der Waals surface area contributed by atoms with Gasteiger partial charge in [0.1, 0.15) is 17.6 Å². The number of aliphatic hydroxyl groups is 1. The summed E-state index contributed by atoms with van der Waals surface area (Å²) in [5.74, 6) is 1.93. The maximum atomic E-state index is 12.1. The van der Waals surface area contributed by atoms with Crippen LogP contribution in [0.15, 0.2) is 33.9 Å². The van der Waals surface area contributed by atoms with Crippen LogP contribution in [-0.4, -0.2) is 39.2 Å². The maximum absolute atomic E-state index is 12.1.